The third kappa shape index (κ3) is 4.59. The Morgan fingerprint density at radius 1 is 1.31 bits per heavy atom. The van der Waals surface area contributed by atoms with Crippen LogP contribution in [0.4, 0.5) is 0 Å². The van der Waals surface area contributed by atoms with Crippen LogP contribution >= 0.6 is 0 Å². The minimum atomic E-state index is 0.00874. The van der Waals surface area contributed by atoms with Crippen LogP contribution in [0, 0.1) is 0 Å². The lowest BCUT2D eigenvalue weighted by Gasteiger charge is -2.08. The van der Waals surface area contributed by atoms with Crippen LogP contribution in [0.5, 0.6) is 5.88 Å². The minimum Gasteiger partial charge on any atom is -0.475 e. The number of nitrogens with zero attached hydrogens (tertiary/aromatic N) is 1. The Labute approximate surface area is 96.8 Å². The number of ether oxygens (including phenoxy) is 2. The second-order valence-electron chi connectivity index (χ2n) is 3.68. The van der Waals surface area contributed by atoms with E-state index in [0.717, 1.165) is 18.6 Å². The van der Waals surface area contributed by atoms with Gasteiger partial charge in [0, 0.05) is 24.9 Å². The molecule has 0 fully saturated rings. The highest BCUT2D eigenvalue weighted by Crippen LogP contribution is 2.12. The molecule has 0 bridgehead atoms. The molecular weight excluding hydrogens is 204 g/mol. The van der Waals surface area contributed by atoms with Gasteiger partial charge in [0.25, 0.3) is 0 Å². The van der Waals surface area contributed by atoms with Gasteiger partial charge in [-0.15, -0.1) is 0 Å². The molecule has 0 aromatic carbocycles. The minimum absolute atomic E-state index is 0.00874. The van der Waals surface area contributed by atoms with Gasteiger partial charge in [0.15, 0.2) is 0 Å². The highest BCUT2D eigenvalue weighted by molar-refractivity contribution is 5.19. The van der Waals surface area contributed by atoms with Crippen molar-refractivity contribution in [2.75, 3.05) is 19.8 Å². The molecule has 1 rings (SSSR count). The van der Waals surface area contributed by atoms with Crippen molar-refractivity contribution in [3.8, 4) is 5.88 Å². The summed E-state index contributed by atoms with van der Waals surface area (Å²) >= 11 is 0. The monoisotopic (exact) mass is 224 g/mol. The molecule has 0 spiro atoms. The summed E-state index contributed by atoms with van der Waals surface area (Å²) in [5, 5.41) is 0. The van der Waals surface area contributed by atoms with Crippen molar-refractivity contribution in [1.82, 2.24) is 4.98 Å². The number of pyridine rings is 1. The van der Waals surface area contributed by atoms with E-state index in [1.54, 1.807) is 6.20 Å². The van der Waals surface area contributed by atoms with E-state index in [2.05, 4.69) is 11.9 Å². The van der Waals surface area contributed by atoms with E-state index < -0.39 is 0 Å². The number of rotatable bonds is 7. The molecular formula is C12H20N2O2. The Hall–Kier alpha value is -1.13. The van der Waals surface area contributed by atoms with Crippen molar-refractivity contribution in [2.24, 2.45) is 5.73 Å². The summed E-state index contributed by atoms with van der Waals surface area (Å²) in [6.07, 6.45) is 2.77. The quantitative estimate of drug-likeness (QED) is 0.719. The van der Waals surface area contributed by atoms with Gasteiger partial charge >= 0.3 is 0 Å². The van der Waals surface area contributed by atoms with Crippen LogP contribution in [0.15, 0.2) is 18.3 Å². The van der Waals surface area contributed by atoms with Crippen LogP contribution in [-0.4, -0.2) is 24.8 Å². The lowest BCUT2D eigenvalue weighted by Crippen LogP contribution is -2.09. The Kier molecular flexibility index (Phi) is 5.82. The highest BCUT2D eigenvalue weighted by atomic mass is 16.5. The molecule has 4 heteroatoms. The first-order valence-corrected chi connectivity index (χ1v) is 5.66. The van der Waals surface area contributed by atoms with Gasteiger partial charge in [0.05, 0.1) is 6.61 Å². The average molecular weight is 224 g/mol. The summed E-state index contributed by atoms with van der Waals surface area (Å²) in [5.41, 5.74) is 6.73. The van der Waals surface area contributed by atoms with Crippen molar-refractivity contribution >= 4 is 0 Å². The summed E-state index contributed by atoms with van der Waals surface area (Å²) in [6, 6.07) is 3.77. The van der Waals surface area contributed by atoms with Gasteiger partial charge in [-0.3, -0.25) is 0 Å². The zero-order valence-electron chi connectivity index (χ0n) is 9.98. The van der Waals surface area contributed by atoms with E-state index in [9.17, 15) is 0 Å². The lowest BCUT2D eigenvalue weighted by atomic mass is 10.2. The molecule has 16 heavy (non-hydrogen) atoms. The van der Waals surface area contributed by atoms with Crippen LogP contribution in [0.2, 0.25) is 0 Å². The normalized spacial score (nSPS) is 12.4. The summed E-state index contributed by atoms with van der Waals surface area (Å²) < 4.78 is 10.7. The molecule has 4 nitrogen and oxygen atoms in total. The van der Waals surface area contributed by atoms with E-state index in [-0.39, 0.29) is 6.04 Å². The predicted molar refractivity (Wildman–Crippen MR) is 63.4 cm³/mol. The van der Waals surface area contributed by atoms with Crippen molar-refractivity contribution < 1.29 is 9.47 Å². The molecule has 0 aliphatic carbocycles. The fraction of sp³-hybridized carbons (Fsp3) is 0.583. The fourth-order valence-corrected chi connectivity index (χ4v) is 1.20. The van der Waals surface area contributed by atoms with Crippen molar-refractivity contribution in [1.29, 1.82) is 0 Å². The van der Waals surface area contributed by atoms with Gasteiger partial charge in [-0.25, -0.2) is 4.98 Å². The molecule has 90 valence electrons. The van der Waals surface area contributed by atoms with Crippen LogP contribution in [0.3, 0.4) is 0 Å². The Bertz CT molecular complexity index is 286. The third-order valence-corrected chi connectivity index (χ3v) is 2.11. The SMILES string of the molecule is CCCOCCOc1ccc([C@H](C)N)cn1. The third-order valence-electron chi connectivity index (χ3n) is 2.11. The van der Waals surface area contributed by atoms with Gasteiger partial charge in [-0.2, -0.15) is 0 Å². The zero-order valence-corrected chi connectivity index (χ0v) is 9.98. The first kappa shape index (κ1) is 12.9. The summed E-state index contributed by atoms with van der Waals surface area (Å²) in [6.45, 7) is 5.92. The number of aromatic nitrogens is 1. The van der Waals surface area contributed by atoms with E-state index in [1.807, 2.05) is 19.1 Å². The van der Waals surface area contributed by atoms with Gasteiger partial charge in [0.1, 0.15) is 6.61 Å². The molecule has 0 unspecified atom stereocenters. The van der Waals surface area contributed by atoms with Gasteiger partial charge < -0.3 is 15.2 Å². The van der Waals surface area contributed by atoms with E-state index >= 15 is 0 Å². The molecule has 1 aromatic rings. The van der Waals surface area contributed by atoms with Crippen LogP contribution in [0.25, 0.3) is 0 Å². The average Bonchev–Trinajstić information content (AvgIpc) is 2.29. The van der Waals surface area contributed by atoms with E-state index in [4.69, 9.17) is 15.2 Å². The van der Waals surface area contributed by atoms with Crippen LogP contribution in [-0.2, 0) is 4.74 Å². The maximum Gasteiger partial charge on any atom is 0.213 e. The van der Waals surface area contributed by atoms with Crippen LogP contribution in [0.1, 0.15) is 31.9 Å². The van der Waals surface area contributed by atoms with Crippen molar-refractivity contribution in [3.63, 3.8) is 0 Å². The molecule has 1 aromatic heterocycles. The second kappa shape index (κ2) is 7.19. The topological polar surface area (TPSA) is 57.4 Å². The molecule has 1 atom stereocenters. The molecule has 0 amide bonds. The molecule has 1 heterocycles. The smallest absolute Gasteiger partial charge is 0.213 e. The van der Waals surface area contributed by atoms with Crippen molar-refractivity contribution in [3.05, 3.63) is 23.9 Å². The second-order valence-corrected chi connectivity index (χ2v) is 3.68. The maximum absolute atomic E-state index is 5.72. The summed E-state index contributed by atoms with van der Waals surface area (Å²) in [4.78, 5) is 4.16. The predicted octanol–water partition coefficient (Wildman–Crippen LogP) is 1.91. The lowest BCUT2D eigenvalue weighted by molar-refractivity contribution is 0.0990. The molecule has 0 aliphatic heterocycles. The molecule has 2 N–H and O–H groups in total. The zero-order chi connectivity index (χ0) is 11.8. The van der Waals surface area contributed by atoms with Gasteiger partial charge in [0.2, 0.25) is 5.88 Å². The standard InChI is InChI=1S/C12H20N2O2/c1-3-6-15-7-8-16-12-5-4-11(9-14-12)10(2)13/h4-5,9-10H,3,6-8,13H2,1-2H3/t10-/m0/s1. The molecule has 0 radical (unpaired) electrons. The summed E-state index contributed by atoms with van der Waals surface area (Å²) in [7, 11) is 0. The molecule has 0 saturated carbocycles. The number of hydrogen-bond acceptors (Lipinski definition) is 4. The van der Waals surface area contributed by atoms with Gasteiger partial charge in [-0.05, 0) is 18.9 Å². The molecule has 0 aliphatic rings. The van der Waals surface area contributed by atoms with E-state index in [1.165, 1.54) is 0 Å². The molecule has 0 saturated heterocycles. The summed E-state index contributed by atoms with van der Waals surface area (Å²) in [5.74, 6) is 0.615. The number of hydrogen-bond donors (Lipinski definition) is 1. The fourth-order valence-electron chi connectivity index (χ4n) is 1.20. The highest BCUT2D eigenvalue weighted by Gasteiger charge is 2.00. The first-order valence-electron chi connectivity index (χ1n) is 5.66. The Morgan fingerprint density at radius 3 is 2.69 bits per heavy atom. The largest absolute Gasteiger partial charge is 0.475 e. The van der Waals surface area contributed by atoms with E-state index in [0.29, 0.717) is 19.1 Å². The number of nitrogens with two attached hydrogens (primary N) is 1. The first-order chi connectivity index (χ1) is 7.74. The Balaban J connectivity index is 2.27. The van der Waals surface area contributed by atoms with Crippen molar-refractivity contribution in [2.45, 2.75) is 26.3 Å². The van der Waals surface area contributed by atoms with Crippen LogP contribution < -0.4 is 10.5 Å². The maximum atomic E-state index is 5.72. The Morgan fingerprint density at radius 2 is 2.12 bits per heavy atom. The van der Waals surface area contributed by atoms with Gasteiger partial charge in [-0.1, -0.05) is 13.0 Å².